The van der Waals surface area contributed by atoms with Gasteiger partial charge >= 0.3 is 6.55 Å². The molecule has 2 aromatic rings. The Labute approximate surface area is 112 Å². The van der Waals surface area contributed by atoms with Crippen LogP contribution >= 0.6 is 11.6 Å². The van der Waals surface area contributed by atoms with Crippen molar-refractivity contribution in [2.75, 3.05) is 17.7 Å². The van der Waals surface area contributed by atoms with Gasteiger partial charge in [0.15, 0.2) is 0 Å². The Bertz CT molecular complexity index is 553. The minimum absolute atomic E-state index is 0.0200. The van der Waals surface area contributed by atoms with E-state index in [1.165, 1.54) is 18.5 Å². The van der Waals surface area contributed by atoms with Crippen molar-refractivity contribution in [3.63, 3.8) is 0 Å². The summed E-state index contributed by atoms with van der Waals surface area (Å²) in [6.45, 7) is -2.49. The molecule has 0 amide bonds. The Hall–Kier alpha value is -1.96. The van der Waals surface area contributed by atoms with E-state index in [0.29, 0.717) is 5.82 Å². The second-order valence-electron chi connectivity index (χ2n) is 3.79. The lowest BCUT2D eigenvalue weighted by atomic mass is 10.4. The van der Waals surface area contributed by atoms with Crippen molar-refractivity contribution >= 4 is 23.4 Å². The van der Waals surface area contributed by atoms with Crippen molar-refractivity contribution in [1.82, 2.24) is 19.5 Å². The highest BCUT2D eigenvalue weighted by atomic mass is 35.5. The van der Waals surface area contributed by atoms with Gasteiger partial charge in [-0.25, -0.2) is 9.97 Å². The molecular formula is C10H11ClF2N6. The van der Waals surface area contributed by atoms with Crippen LogP contribution in [0.3, 0.4) is 0 Å². The molecule has 0 saturated heterocycles. The van der Waals surface area contributed by atoms with Crippen molar-refractivity contribution in [1.29, 1.82) is 0 Å². The van der Waals surface area contributed by atoms with Crippen LogP contribution in [0.25, 0.3) is 0 Å². The number of nitrogen functional groups attached to an aromatic ring is 1. The molecule has 102 valence electrons. The van der Waals surface area contributed by atoms with E-state index in [0.717, 1.165) is 4.57 Å². The second-order valence-corrected chi connectivity index (χ2v) is 4.18. The van der Waals surface area contributed by atoms with Gasteiger partial charge in [-0.1, -0.05) is 11.6 Å². The molecule has 0 aromatic carbocycles. The van der Waals surface area contributed by atoms with Crippen LogP contribution in [-0.2, 0) is 6.54 Å². The number of halogens is 3. The van der Waals surface area contributed by atoms with Crippen LogP contribution in [-0.4, -0.2) is 26.6 Å². The van der Waals surface area contributed by atoms with Crippen molar-refractivity contribution in [2.24, 2.45) is 0 Å². The molecule has 0 aliphatic carbocycles. The standard InChI is InChI=1S/C10H11ClF2N6/c1-18(7-4-6(11)16-10(14)17-7)5-8-15-2-3-19(8)9(12)13/h2-4,9H,5H2,1H3,(H2,14,16,17). The van der Waals surface area contributed by atoms with Gasteiger partial charge in [0.1, 0.15) is 16.8 Å². The number of hydrogen-bond donors (Lipinski definition) is 1. The summed E-state index contributed by atoms with van der Waals surface area (Å²) >= 11 is 5.76. The van der Waals surface area contributed by atoms with Gasteiger partial charge in [0.2, 0.25) is 5.95 Å². The van der Waals surface area contributed by atoms with Crippen LogP contribution in [0.4, 0.5) is 20.5 Å². The largest absolute Gasteiger partial charge is 0.368 e. The molecule has 0 spiro atoms. The number of alkyl halides is 2. The van der Waals surface area contributed by atoms with E-state index >= 15 is 0 Å². The third kappa shape index (κ3) is 3.08. The van der Waals surface area contributed by atoms with E-state index in [1.807, 2.05) is 0 Å². The van der Waals surface area contributed by atoms with Gasteiger partial charge in [0.25, 0.3) is 0 Å². The second kappa shape index (κ2) is 5.35. The molecule has 0 fully saturated rings. The van der Waals surface area contributed by atoms with E-state index in [2.05, 4.69) is 15.0 Å². The molecular weight excluding hydrogens is 278 g/mol. The molecule has 2 heterocycles. The van der Waals surface area contributed by atoms with Crippen LogP contribution in [0.1, 0.15) is 12.4 Å². The fraction of sp³-hybridized carbons (Fsp3) is 0.300. The average molecular weight is 289 g/mol. The number of nitrogens with two attached hydrogens (primary N) is 1. The van der Waals surface area contributed by atoms with E-state index in [9.17, 15) is 8.78 Å². The molecule has 0 radical (unpaired) electrons. The topological polar surface area (TPSA) is 72.9 Å². The number of aromatic nitrogens is 4. The van der Waals surface area contributed by atoms with Crippen LogP contribution in [0.2, 0.25) is 5.15 Å². The Balaban J connectivity index is 2.20. The van der Waals surface area contributed by atoms with Gasteiger partial charge in [0, 0.05) is 25.5 Å². The summed E-state index contributed by atoms with van der Waals surface area (Å²) < 4.78 is 26.1. The van der Waals surface area contributed by atoms with E-state index in [-0.39, 0.29) is 23.5 Å². The van der Waals surface area contributed by atoms with Gasteiger partial charge in [-0.3, -0.25) is 4.57 Å². The number of hydrogen-bond acceptors (Lipinski definition) is 5. The minimum Gasteiger partial charge on any atom is -0.368 e. The predicted molar refractivity (Wildman–Crippen MR) is 67.0 cm³/mol. The highest BCUT2D eigenvalue weighted by Gasteiger charge is 2.14. The number of imidazole rings is 1. The first-order chi connectivity index (χ1) is 8.97. The van der Waals surface area contributed by atoms with Crippen LogP contribution in [0.15, 0.2) is 18.5 Å². The lowest BCUT2D eigenvalue weighted by Crippen LogP contribution is -2.21. The summed E-state index contributed by atoms with van der Waals surface area (Å²) in [6.07, 6.45) is 2.53. The van der Waals surface area contributed by atoms with Gasteiger partial charge in [-0.05, 0) is 0 Å². The van der Waals surface area contributed by atoms with Crippen molar-refractivity contribution in [3.8, 4) is 0 Å². The fourth-order valence-electron chi connectivity index (χ4n) is 1.56. The molecule has 19 heavy (non-hydrogen) atoms. The summed E-state index contributed by atoms with van der Waals surface area (Å²) in [5.74, 6) is 0.665. The van der Waals surface area contributed by atoms with Gasteiger partial charge in [-0.15, -0.1) is 0 Å². The molecule has 0 aliphatic heterocycles. The molecule has 6 nitrogen and oxygen atoms in total. The van der Waals surface area contributed by atoms with Crippen LogP contribution in [0.5, 0.6) is 0 Å². The summed E-state index contributed by atoms with van der Waals surface area (Å²) in [7, 11) is 1.67. The Morgan fingerprint density at radius 1 is 1.47 bits per heavy atom. The summed E-state index contributed by atoms with van der Waals surface area (Å²) in [5.41, 5.74) is 5.47. The van der Waals surface area contributed by atoms with Crippen molar-refractivity contribution < 1.29 is 8.78 Å². The molecule has 0 saturated carbocycles. The van der Waals surface area contributed by atoms with Gasteiger partial charge < -0.3 is 10.6 Å². The van der Waals surface area contributed by atoms with Crippen LogP contribution in [0, 0.1) is 0 Å². The quantitative estimate of drug-likeness (QED) is 0.871. The van der Waals surface area contributed by atoms with E-state index < -0.39 is 6.55 Å². The maximum atomic E-state index is 12.7. The lowest BCUT2D eigenvalue weighted by molar-refractivity contribution is 0.0670. The Kier molecular flexibility index (Phi) is 3.79. The van der Waals surface area contributed by atoms with Crippen LogP contribution < -0.4 is 10.6 Å². The summed E-state index contributed by atoms with van der Waals surface area (Å²) in [4.78, 5) is 13.2. The molecule has 0 atom stereocenters. The minimum atomic E-state index is -2.63. The molecule has 2 rings (SSSR count). The van der Waals surface area contributed by atoms with E-state index in [4.69, 9.17) is 17.3 Å². The number of rotatable bonds is 4. The van der Waals surface area contributed by atoms with E-state index in [1.54, 1.807) is 11.9 Å². The summed E-state index contributed by atoms with van der Waals surface area (Å²) in [5, 5.41) is 0.187. The van der Waals surface area contributed by atoms with Gasteiger partial charge in [0.05, 0.1) is 6.54 Å². The average Bonchev–Trinajstić information content (AvgIpc) is 2.75. The maximum absolute atomic E-state index is 12.7. The highest BCUT2D eigenvalue weighted by Crippen LogP contribution is 2.19. The zero-order chi connectivity index (χ0) is 14.0. The fourth-order valence-corrected chi connectivity index (χ4v) is 1.74. The zero-order valence-corrected chi connectivity index (χ0v) is 10.7. The number of nitrogens with zero attached hydrogens (tertiary/aromatic N) is 5. The molecule has 0 unspecified atom stereocenters. The first kappa shape index (κ1) is 13.5. The normalized spacial score (nSPS) is 11.0. The molecule has 2 aromatic heterocycles. The molecule has 0 bridgehead atoms. The SMILES string of the molecule is CN(Cc1nccn1C(F)F)c1cc(Cl)nc(N)n1. The first-order valence-electron chi connectivity index (χ1n) is 5.28. The third-order valence-corrected chi connectivity index (χ3v) is 2.62. The molecule has 2 N–H and O–H groups in total. The Morgan fingerprint density at radius 3 is 2.84 bits per heavy atom. The van der Waals surface area contributed by atoms with Crippen molar-refractivity contribution in [3.05, 3.63) is 29.4 Å². The molecule has 9 heteroatoms. The summed E-state index contributed by atoms with van der Waals surface area (Å²) in [6, 6.07) is 1.49. The lowest BCUT2D eigenvalue weighted by Gasteiger charge is -2.18. The monoisotopic (exact) mass is 288 g/mol. The zero-order valence-electron chi connectivity index (χ0n) is 9.96. The first-order valence-corrected chi connectivity index (χ1v) is 5.66. The van der Waals surface area contributed by atoms with Crippen molar-refractivity contribution in [2.45, 2.75) is 13.1 Å². The van der Waals surface area contributed by atoms with Gasteiger partial charge in [-0.2, -0.15) is 13.8 Å². The molecule has 0 aliphatic rings. The smallest absolute Gasteiger partial charge is 0.319 e. The maximum Gasteiger partial charge on any atom is 0.319 e. The third-order valence-electron chi connectivity index (χ3n) is 2.43. The number of anilines is 2. The highest BCUT2D eigenvalue weighted by molar-refractivity contribution is 6.29. The Morgan fingerprint density at radius 2 is 2.21 bits per heavy atom. The predicted octanol–water partition coefficient (Wildman–Crippen LogP) is 1.94.